The molecule has 0 bridgehead atoms. The summed E-state index contributed by atoms with van der Waals surface area (Å²) in [6, 6.07) is 7.10. The lowest BCUT2D eigenvalue weighted by Crippen LogP contribution is -2.44. The van der Waals surface area contributed by atoms with Crippen molar-refractivity contribution in [3.63, 3.8) is 0 Å². The van der Waals surface area contributed by atoms with E-state index in [1.807, 2.05) is 19.1 Å². The van der Waals surface area contributed by atoms with Crippen molar-refractivity contribution in [3.8, 4) is 0 Å². The summed E-state index contributed by atoms with van der Waals surface area (Å²) in [4.78, 5) is 13.0. The van der Waals surface area contributed by atoms with Gasteiger partial charge in [-0.3, -0.25) is 15.0 Å². The van der Waals surface area contributed by atoms with E-state index in [1.54, 1.807) is 12.1 Å². The predicted octanol–water partition coefficient (Wildman–Crippen LogP) is 1.56. The van der Waals surface area contributed by atoms with Crippen LogP contribution in [0.3, 0.4) is 0 Å². The SMILES string of the molecule is C[C@@H](c1ccccc1[N+](=O)[O-])N1CCNCC1. The highest BCUT2D eigenvalue weighted by Crippen LogP contribution is 2.28. The minimum absolute atomic E-state index is 0.0960. The third-order valence-corrected chi connectivity index (χ3v) is 3.28. The number of benzene rings is 1. The maximum Gasteiger partial charge on any atom is 0.274 e. The minimum Gasteiger partial charge on any atom is -0.314 e. The first-order valence-corrected chi connectivity index (χ1v) is 5.88. The van der Waals surface area contributed by atoms with Crippen molar-refractivity contribution in [2.75, 3.05) is 26.2 Å². The van der Waals surface area contributed by atoms with E-state index in [0.29, 0.717) is 0 Å². The summed E-state index contributed by atoms with van der Waals surface area (Å²) in [5.74, 6) is 0. The highest BCUT2D eigenvalue weighted by molar-refractivity contribution is 5.41. The van der Waals surface area contributed by atoms with Crippen LogP contribution < -0.4 is 5.32 Å². The first-order chi connectivity index (χ1) is 8.20. The molecule has 0 aromatic heterocycles. The van der Waals surface area contributed by atoms with Gasteiger partial charge >= 0.3 is 0 Å². The van der Waals surface area contributed by atoms with Gasteiger partial charge in [0.2, 0.25) is 0 Å². The van der Waals surface area contributed by atoms with Gasteiger partial charge in [-0.15, -0.1) is 0 Å². The second-order valence-electron chi connectivity index (χ2n) is 4.28. The molecule has 1 fully saturated rings. The van der Waals surface area contributed by atoms with E-state index in [9.17, 15) is 10.1 Å². The Morgan fingerprint density at radius 1 is 1.35 bits per heavy atom. The molecular formula is C12H17N3O2. The molecule has 0 amide bonds. The van der Waals surface area contributed by atoms with Crippen molar-refractivity contribution >= 4 is 5.69 Å². The number of rotatable bonds is 3. The van der Waals surface area contributed by atoms with E-state index in [4.69, 9.17) is 0 Å². The average molecular weight is 235 g/mol. The zero-order valence-corrected chi connectivity index (χ0v) is 9.93. The van der Waals surface area contributed by atoms with E-state index >= 15 is 0 Å². The molecule has 5 heteroatoms. The fourth-order valence-electron chi connectivity index (χ4n) is 2.27. The van der Waals surface area contributed by atoms with E-state index in [2.05, 4.69) is 10.2 Å². The molecule has 1 aromatic rings. The summed E-state index contributed by atoms with van der Waals surface area (Å²) in [5.41, 5.74) is 1.03. The Bertz CT molecular complexity index is 402. The van der Waals surface area contributed by atoms with Crippen LogP contribution in [0.4, 0.5) is 5.69 Å². The molecular weight excluding hydrogens is 218 g/mol. The molecule has 17 heavy (non-hydrogen) atoms. The van der Waals surface area contributed by atoms with Gasteiger partial charge in [0.1, 0.15) is 0 Å². The molecule has 0 spiro atoms. The minimum atomic E-state index is -0.298. The lowest BCUT2D eigenvalue weighted by molar-refractivity contribution is -0.386. The van der Waals surface area contributed by atoms with Gasteiger partial charge in [-0.1, -0.05) is 18.2 Å². The van der Waals surface area contributed by atoms with Crippen molar-refractivity contribution in [3.05, 3.63) is 39.9 Å². The zero-order valence-electron chi connectivity index (χ0n) is 9.93. The Morgan fingerprint density at radius 3 is 2.65 bits per heavy atom. The highest BCUT2D eigenvalue weighted by atomic mass is 16.6. The molecule has 0 aliphatic carbocycles. The number of nitrogens with zero attached hydrogens (tertiary/aromatic N) is 2. The summed E-state index contributed by atoms with van der Waals surface area (Å²) >= 11 is 0. The van der Waals surface area contributed by atoms with Gasteiger partial charge in [-0.25, -0.2) is 0 Å². The molecule has 1 aliphatic rings. The van der Waals surface area contributed by atoms with Crippen LogP contribution in [0.1, 0.15) is 18.5 Å². The quantitative estimate of drug-likeness (QED) is 0.638. The van der Waals surface area contributed by atoms with Crippen molar-refractivity contribution < 1.29 is 4.92 Å². The number of para-hydroxylation sites is 1. The maximum absolute atomic E-state index is 11.0. The van der Waals surface area contributed by atoms with E-state index in [0.717, 1.165) is 31.7 Å². The molecule has 1 N–H and O–H groups in total. The largest absolute Gasteiger partial charge is 0.314 e. The number of hydrogen-bond donors (Lipinski definition) is 1. The molecule has 2 rings (SSSR count). The third kappa shape index (κ3) is 2.62. The fraction of sp³-hybridized carbons (Fsp3) is 0.500. The molecule has 0 unspecified atom stereocenters. The summed E-state index contributed by atoms with van der Waals surface area (Å²) in [6.07, 6.45) is 0. The standard InChI is InChI=1S/C12H17N3O2/c1-10(14-8-6-13-7-9-14)11-4-2-3-5-12(11)15(16)17/h2-5,10,13H,6-9H2,1H3/t10-/m0/s1. The van der Waals surface area contributed by atoms with Gasteiger partial charge < -0.3 is 5.32 Å². The van der Waals surface area contributed by atoms with Crippen molar-refractivity contribution in [2.45, 2.75) is 13.0 Å². The lowest BCUT2D eigenvalue weighted by Gasteiger charge is -2.32. The van der Waals surface area contributed by atoms with Crippen LogP contribution in [0.25, 0.3) is 0 Å². The number of nitrogens with one attached hydrogen (secondary N) is 1. The van der Waals surface area contributed by atoms with Crippen molar-refractivity contribution in [1.29, 1.82) is 0 Å². The second-order valence-corrected chi connectivity index (χ2v) is 4.28. The maximum atomic E-state index is 11.0. The van der Waals surface area contributed by atoms with Crippen LogP contribution in [0.15, 0.2) is 24.3 Å². The Morgan fingerprint density at radius 2 is 2.00 bits per heavy atom. The van der Waals surface area contributed by atoms with Gasteiger partial charge in [0, 0.05) is 43.9 Å². The number of nitro groups is 1. The van der Waals surface area contributed by atoms with Crippen molar-refractivity contribution in [1.82, 2.24) is 10.2 Å². The Hall–Kier alpha value is -1.46. The topological polar surface area (TPSA) is 58.4 Å². The average Bonchev–Trinajstić information content (AvgIpc) is 2.39. The molecule has 5 nitrogen and oxygen atoms in total. The van der Waals surface area contributed by atoms with E-state index in [-0.39, 0.29) is 16.7 Å². The van der Waals surface area contributed by atoms with Gasteiger partial charge in [0.05, 0.1) is 4.92 Å². The normalized spacial score (nSPS) is 18.9. The zero-order chi connectivity index (χ0) is 12.3. The Labute approximate surface area is 101 Å². The van der Waals surface area contributed by atoms with Crippen LogP contribution in [0, 0.1) is 10.1 Å². The summed E-state index contributed by atoms with van der Waals surface area (Å²) in [5, 5.41) is 14.3. The van der Waals surface area contributed by atoms with E-state index < -0.39 is 0 Å². The molecule has 0 radical (unpaired) electrons. The first-order valence-electron chi connectivity index (χ1n) is 5.88. The van der Waals surface area contributed by atoms with Crippen LogP contribution in [0.5, 0.6) is 0 Å². The van der Waals surface area contributed by atoms with Gasteiger partial charge in [0.25, 0.3) is 5.69 Å². The molecule has 1 heterocycles. The summed E-state index contributed by atoms with van der Waals surface area (Å²) < 4.78 is 0. The van der Waals surface area contributed by atoms with Crippen LogP contribution in [-0.4, -0.2) is 36.0 Å². The monoisotopic (exact) mass is 235 g/mol. The predicted molar refractivity (Wildman–Crippen MR) is 66.0 cm³/mol. The van der Waals surface area contributed by atoms with Crippen LogP contribution >= 0.6 is 0 Å². The molecule has 1 saturated heterocycles. The summed E-state index contributed by atoms with van der Waals surface area (Å²) in [7, 11) is 0. The van der Waals surface area contributed by atoms with Gasteiger partial charge in [-0.05, 0) is 6.92 Å². The second kappa shape index (κ2) is 5.25. The lowest BCUT2D eigenvalue weighted by atomic mass is 10.0. The Kier molecular flexibility index (Phi) is 3.71. The number of piperazine rings is 1. The van der Waals surface area contributed by atoms with Gasteiger partial charge in [0.15, 0.2) is 0 Å². The first kappa shape index (κ1) is 12.0. The summed E-state index contributed by atoms with van der Waals surface area (Å²) in [6.45, 7) is 5.81. The highest BCUT2D eigenvalue weighted by Gasteiger charge is 2.24. The smallest absolute Gasteiger partial charge is 0.274 e. The van der Waals surface area contributed by atoms with Crippen LogP contribution in [0.2, 0.25) is 0 Å². The number of hydrogen-bond acceptors (Lipinski definition) is 4. The van der Waals surface area contributed by atoms with Crippen molar-refractivity contribution in [2.24, 2.45) is 0 Å². The third-order valence-electron chi connectivity index (χ3n) is 3.28. The van der Waals surface area contributed by atoms with Crippen LogP contribution in [-0.2, 0) is 0 Å². The molecule has 1 aromatic carbocycles. The van der Waals surface area contributed by atoms with Gasteiger partial charge in [-0.2, -0.15) is 0 Å². The number of nitro benzene ring substituents is 1. The Balaban J connectivity index is 2.23. The molecule has 0 saturated carbocycles. The van der Waals surface area contributed by atoms with E-state index in [1.165, 1.54) is 0 Å². The molecule has 92 valence electrons. The molecule has 1 atom stereocenters. The fourth-order valence-corrected chi connectivity index (χ4v) is 2.27. The molecule has 1 aliphatic heterocycles.